The quantitative estimate of drug-likeness (QED) is 0.643. The highest BCUT2D eigenvalue weighted by molar-refractivity contribution is 5.95. The fraction of sp³-hybridized carbons (Fsp3) is 0.318. The SMILES string of the molecule is CNC(=O)c1cccc(-c2noc(C3CN(Cc4cc(OC)cc(OC)c4)C3)n2)c1. The predicted octanol–water partition coefficient (Wildman–Crippen LogP) is 2.71. The Bertz CT molecular complexity index is 1020. The van der Waals surface area contributed by atoms with Crippen molar-refractivity contribution < 1.29 is 18.8 Å². The molecular weight excluding hydrogens is 384 g/mol. The first-order chi connectivity index (χ1) is 14.6. The maximum absolute atomic E-state index is 11.8. The molecule has 1 amide bonds. The van der Waals surface area contributed by atoms with Gasteiger partial charge in [-0.15, -0.1) is 0 Å². The van der Waals surface area contributed by atoms with Crippen LogP contribution in [0.2, 0.25) is 0 Å². The second-order valence-electron chi connectivity index (χ2n) is 7.23. The fourth-order valence-corrected chi connectivity index (χ4v) is 3.53. The Labute approximate surface area is 174 Å². The monoisotopic (exact) mass is 408 g/mol. The van der Waals surface area contributed by atoms with Crippen LogP contribution in [0.15, 0.2) is 47.0 Å². The summed E-state index contributed by atoms with van der Waals surface area (Å²) in [5.74, 6) is 2.72. The Balaban J connectivity index is 1.40. The first kappa shape index (κ1) is 19.9. The van der Waals surface area contributed by atoms with Crippen molar-refractivity contribution in [2.75, 3.05) is 34.4 Å². The van der Waals surface area contributed by atoms with Crippen molar-refractivity contribution in [2.45, 2.75) is 12.5 Å². The Morgan fingerprint density at radius 3 is 2.57 bits per heavy atom. The van der Waals surface area contributed by atoms with Gasteiger partial charge in [-0.2, -0.15) is 4.98 Å². The number of methoxy groups -OCH3 is 2. The van der Waals surface area contributed by atoms with E-state index in [1.165, 1.54) is 0 Å². The molecule has 1 fully saturated rings. The summed E-state index contributed by atoms with van der Waals surface area (Å²) in [7, 11) is 4.90. The van der Waals surface area contributed by atoms with E-state index in [1.807, 2.05) is 30.3 Å². The van der Waals surface area contributed by atoms with Crippen LogP contribution < -0.4 is 14.8 Å². The van der Waals surface area contributed by atoms with Gasteiger partial charge in [0.2, 0.25) is 11.7 Å². The molecule has 30 heavy (non-hydrogen) atoms. The molecule has 1 N–H and O–H groups in total. The standard InChI is InChI=1S/C22H24N4O4/c1-23-21(27)16-6-4-5-15(9-16)20-24-22(30-25-20)17-12-26(13-17)11-14-7-18(28-2)10-19(8-14)29-3/h4-10,17H,11-13H2,1-3H3,(H,23,27). The number of likely N-dealkylation sites (tertiary alicyclic amines) is 1. The van der Waals surface area contributed by atoms with Crippen LogP contribution in [-0.2, 0) is 6.54 Å². The summed E-state index contributed by atoms with van der Waals surface area (Å²) in [5, 5.41) is 6.72. The highest BCUT2D eigenvalue weighted by Crippen LogP contribution is 2.30. The number of hydrogen-bond donors (Lipinski definition) is 1. The number of amides is 1. The summed E-state index contributed by atoms with van der Waals surface area (Å²) >= 11 is 0. The molecule has 4 rings (SSSR count). The van der Waals surface area contributed by atoms with Crippen LogP contribution >= 0.6 is 0 Å². The number of nitrogens with one attached hydrogen (secondary N) is 1. The zero-order valence-corrected chi connectivity index (χ0v) is 17.2. The van der Waals surface area contributed by atoms with E-state index in [0.717, 1.165) is 42.3 Å². The predicted molar refractivity (Wildman–Crippen MR) is 111 cm³/mol. The number of rotatable bonds is 7. The molecular formula is C22H24N4O4. The minimum atomic E-state index is -0.149. The third-order valence-corrected chi connectivity index (χ3v) is 5.18. The topological polar surface area (TPSA) is 89.7 Å². The summed E-state index contributed by atoms with van der Waals surface area (Å²) in [4.78, 5) is 18.7. The summed E-state index contributed by atoms with van der Waals surface area (Å²) in [5.41, 5.74) is 2.44. The third-order valence-electron chi connectivity index (χ3n) is 5.18. The molecule has 2 aromatic carbocycles. The van der Waals surface area contributed by atoms with Crippen LogP contribution in [-0.4, -0.2) is 55.3 Å². The van der Waals surface area contributed by atoms with Gasteiger partial charge in [0.05, 0.1) is 20.1 Å². The minimum Gasteiger partial charge on any atom is -0.497 e. The van der Waals surface area contributed by atoms with Crippen molar-refractivity contribution in [2.24, 2.45) is 0 Å². The zero-order chi connectivity index (χ0) is 21.1. The smallest absolute Gasteiger partial charge is 0.251 e. The van der Waals surface area contributed by atoms with Crippen LogP contribution in [0.1, 0.15) is 27.7 Å². The normalized spacial score (nSPS) is 14.2. The molecule has 2 heterocycles. The highest BCUT2D eigenvalue weighted by atomic mass is 16.5. The lowest BCUT2D eigenvalue weighted by Crippen LogP contribution is -2.44. The maximum Gasteiger partial charge on any atom is 0.251 e. The van der Waals surface area contributed by atoms with Crippen molar-refractivity contribution in [3.63, 3.8) is 0 Å². The van der Waals surface area contributed by atoms with Crippen LogP contribution in [0.25, 0.3) is 11.4 Å². The molecule has 0 aliphatic carbocycles. The number of ether oxygens (including phenoxy) is 2. The number of hydrogen-bond acceptors (Lipinski definition) is 7. The van der Waals surface area contributed by atoms with Gasteiger partial charge in [0.1, 0.15) is 11.5 Å². The van der Waals surface area contributed by atoms with E-state index in [1.54, 1.807) is 33.4 Å². The van der Waals surface area contributed by atoms with Crippen LogP contribution in [0.3, 0.4) is 0 Å². The molecule has 156 valence electrons. The van der Waals surface area contributed by atoms with Gasteiger partial charge in [-0.05, 0) is 29.8 Å². The molecule has 0 bridgehead atoms. The zero-order valence-electron chi connectivity index (χ0n) is 17.2. The summed E-state index contributed by atoms with van der Waals surface area (Å²) in [6.45, 7) is 2.46. The lowest BCUT2D eigenvalue weighted by Gasteiger charge is -2.37. The van der Waals surface area contributed by atoms with E-state index in [4.69, 9.17) is 14.0 Å². The second-order valence-corrected chi connectivity index (χ2v) is 7.23. The van der Waals surface area contributed by atoms with Gasteiger partial charge in [0.25, 0.3) is 5.91 Å². The van der Waals surface area contributed by atoms with E-state index in [-0.39, 0.29) is 11.8 Å². The largest absolute Gasteiger partial charge is 0.497 e. The molecule has 1 saturated heterocycles. The highest BCUT2D eigenvalue weighted by Gasteiger charge is 2.32. The Morgan fingerprint density at radius 1 is 1.17 bits per heavy atom. The molecule has 0 atom stereocenters. The van der Waals surface area contributed by atoms with Crippen LogP contribution in [0.4, 0.5) is 0 Å². The number of aromatic nitrogens is 2. The molecule has 0 radical (unpaired) electrons. The first-order valence-electron chi connectivity index (χ1n) is 9.70. The maximum atomic E-state index is 11.8. The third kappa shape index (κ3) is 4.13. The molecule has 0 saturated carbocycles. The van der Waals surface area contributed by atoms with Crippen molar-refractivity contribution in [3.05, 3.63) is 59.5 Å². The lowest BCUT2D eigenvalue weighted by molar-refractivity contribution is 0.0963. The van der Waals surface area contributed by atoms with Crippen molar-refractivity contribution in [1.29, 1.82) is 0 Å². The molecule has 1 aromatic heterocycles. The number of carbonyl (C=O) groups is 1. The molecule has 8 nitrogen and oxygen atoms in total. The molecule has 3 aromatic rings. The number of benzene rings is 2. The van der Waals surface area contributed by atoms with E-state index < -0.39 is 0 Å². The Hall–Kier alpha value is -3.39. The Morgan fingerprint density at radius 2 is 1.90 bits per heavy atom. The van der Waals surface area contributed by atoms with Gasteiger partial charge in [-0.3, -0.25) is 9.69 Å². The first-order valence-corrected chi connectivity index (χ1v) is 9.70. The van der Waals surface area contributed by atoms with Gasteiger partial charge < -0.3 is 19.3 Å². The summed E-state index contributed by atoms with van der Waals surface area (Å²) in [6, 6.07) is 13.1. The fourth-order valence-electron chi connectivity index (χ4n) is 3.53. The van der Waals surface area contributed by atoms with E-state index >= 15 is 0 Å². The summed E-state index contributed by atoms with van der Waals surface area (Å²) in [6.07, 6.45) is 0. The van der Waals surface area contributed by atoms with E-state index in [9.17, 15) is 4.79 Å². The van der Waals surface area contributed by atoms with Crippen LogP contribution in [0.5, 0.6) is 11.5 Å². The van der Waals surface area contributed by atoms with Gasteiger partial charge in [-0.25, -0.2) is 0 Å². The van der Waals surface area contributed by atoms with Crippen molar-refractivity contribution in [1.82, 2.24) is 20.4 Å². The number of nitrogens with zero attached hydrogens (tertiary/aromatic N) is 3. The molecule has 0 spiro atoms. The second kappa shape index (κ2) is 8.54. The van der Waals surface area contributed by atoms with E-state index in [0.29, 0.717) is 17.3 Å². The van der Waals surface area contributed by atoms with Gasteiger partial charge >= 0.3 is 0 Å². The average molecular weight is 408 g/mol. The molecule has 1 aliphatic heterocycles. The van der Waals surface area contributed by atoms with Gasteiger partial charge in [-0.1, -0.05) is 17.3 Å². The van der Waals surface area contributed by atoms with Crippen molar-refractivity contribution in [3.8, 4) is 22.9 Å². The van der Waals surface area contributed by atoms with Gasteiger partial charge in [0, 0.05) is 43.9 Å². The minimum absolute atomic E-state index is 0.149. The number of carbonyl (C=O) groups excluding carboxylic acids is 1. The van der Waals surface area contributed by atoms with Crippen molar-refractivity contribution >= 4 is 5.91 Å². The van der Waals surface area contributed by atoms with Crippen LogP contribution in [0, 0.1) is 0 Å². The Kier molecular flexibility index (Phi) is 5.67. The lowest BCUT2D eigenvalue weighted by atomic mass is 9.99. The molecule has 1 aliphatic rings. The van der Waals surface area contributed by atoms with Gasteiger partial charge in [0.15, 0.2) is 0 Å². The summed E-state index contributed by atoms with van der Waals surface area (Å²) < 4.78 is 16.2. The molecule has 0 unspecified atom stereocenters. The molecule has 8 heteroatoms. The van der Waals surface area contributed by atoms with E-state index in [2.05, 4.69) is 20.4 Å². The average Bonchev–Trinajstić information content (AvgIpc) is 3.24.